The van der Waals surface area contributed by atoms with E-state index >= 15 is 0 Å². The number of nitrogens with two attached hydrogens (primary N) is 1. The van der Waals surface area contributed by atoms with Gasteiger partial charge in [0, 0.05) is 11.3 Å². The van der Waals surface area contributed by atoms with E-state index in [1.807, 2.05) is 12.1 Å². The molecule has 0 bridgehead atoms. The molecule has 2 aliphatic carbocycles. The fourth-order valence-corrected chi connectivity index (χ4v) is 4.45. The summed E-state index contributed by atoms with van der Waals surface area (Å²) in [5.41, 5.74) is 15.9. The smallest absolute Gasteiger partial charge is 0.0390 e. The number of para-hydroxylation sites is 1. The highest BCUT2D eigenvalue weighted by molar-refractivity contribution is 6.00. The maximum Gasteiger partial charge on any atom is 0.0390 e. The number of aryl methyl sites for hydroxylation is 1. The lowest BCUT2D eigenvalue weighted by Gasteiger charge is -2.25. The number of allylic oxidation sites excluding steroid dienone is 2. The van der Waals surface area contributed by atoms with Crippen molar-refractivity contribution in [2.45, 2.75) is 45.4 Å². The molecule has 0 atom stereocenters. The molecule has 1 fully saturated rings. The first kappa shape index (κ1) is 14.6. The standard InChI is InChI=1S/C22H25N/c1-15-11-12-18-17(13-15)14-20(19-9-5-6-10-21(19)23)22(18)16-7-3-2-4-8-16/h5-6,9-13,16H,2-4,7-8,14,23H2,1H3. The van der Waals surface area contributed by atoms with Crippen LogP contribution in [0, 0.1) is 12.8 Å². The molecule has 0 saturated heterocycles. The van der Waals surface area contributed by atoms with E-state index in [-0.39, 0.29) is 0 Å². The van der Waals surface area contributed by atoms with Crippen LogP contribution >= 0.6 is 0 Å². The van der Waals surface area contributed by atoms with Crippen LogP contribution in [0.5, 0.6) is 0 Å². The van der Waals surface area contributed by atoms with E-state index in [0.29, 0.717) is 5.92 Å². The Labute approximate surface area is 139 Å². The summed E-state index contributed by atoms with van der Waals surface area (Å²) in [5.74, 6) is 0.710. The molecule has 0 amide bonds. The van der Waals surface area contributed by atoms with Crippen molar-refractivity contribution in [1.82, 2.24) is 0 Å². The van der Waals surface area contributed by atoms with Gasteiger partial charge in [0.25, 0.3) is 0 Å². The zero-order valence-electron chi connectivity index (χ0n) is 13.9. The molecule has 0 radical (unpaired) electrons. The van der Waals surface area contributed by atoms with E-state index in [4.69, 9.17) is 5.73 Å². The highest BCUT2D eigenvalue weighted by atomic mass is 14.6. The summed E-state index contributed by atoms with van der Waals surface area (Å²) in [6.07, 6.45) is 7.84. The van der Waals surface area contributed by atoms with Gasteiger partial charge in [0.1, 0.15) is 0 Å². The summed E-state index contributed by atoms with van der Waals surface area (Å²) in [6.45, 7) is 2.19. The molecule has 1 heteroatoms. The van der Waals surface area contributed by atoms with Crippen molar-refractivity contribution < 1.29 is 0 Å². The summed E-state index contributed by atoms with van der Waals surface area (Å²) < 4.78 is 0. The van der Waals surface area contributed by atoms with Crippen molar-refractivity contribution in [3.63, 3.8) is 0 Å². The molecule has 2 aromatic carbocycles. The van der Waals surface area contributed by atoms with Gasteiger partial charge in [-0.05, 0) is 60.4 Å². The molecule has 2 aromatic rings. The highest BCUT2D eigenvalue weighted by Crippen LogP contribution is 2.47. The number of fused-ring (bicyclic) bond motifs is 1. The fourth-order valence-electron chi connectivity index (χ4n) is 4.45. The second-order valence-electron chi connectivity index (χ2n) is 7.15. The van der Waals surface area contributed by atoms with Crippen molar-refractivity contribution in [2.24, 2.45) is 5.92 Å². The van der Waals surface area contributed by atoms with Crippen LogP contribution in [-0.4, -0.2) is 0 Å². The molecule has 118 valence electrons. The van der Waals surface area contributed by atoms with Crippen molar-refractivity contribution in [3.8, 4) is 0 Å². The first-order valence-electron chi connectivity index (χ1n) is 8.92. The van der Waals surface area contributed by atoms with Gasteiger partial charge in [-0.2, -0.15) is 0 Å². The molecule has 0 heterocycles. The van der Waals surface area contributed by atoms with Crippen molar-refractivity contribution in [2.75, 3.05) is 5.73 Å². The summed E-state index contributed by atoms with van der Waals surface area (Å²) in [5, 5.41) is 0. The molecule has 0 aliphatic heterocycles. The van der Waals surface area contributed by atoms with Gasteiger partial charge in [-0.1, -0.05) is 61.2 Å². The molecular formula is C22H25N. The van der Waals surface area contributed by atoms with E-state index < -0.39 is 0 Å². The second-order valence-corrected chi connectivity index (χ2v) is 7.15. The third-order valence-corrected chi connectivity index (χ3v) is 5.54. The number of hydrogen-bond acceptors (Lipinski definition) is 1. The van der Waals surface area contributed by atoms with E-state index in [1.165, 1.54) is 59.9 Å². The Bertz CT molecular complexity index is 763. The minimum absolute atomic E-state index is 0.710. The van der Waals surface area contributed by atoms with Gasteiger partial charge in [-0.3, -0.25) is 0 Å². The SMILES string of the molecule is Cc1ccc2c(c1)CC(c1ccccc1N)=C2C1CCCCC1. The zero-order valence-corrected chi connectivity index (χ0v) is 13.9. The average molecular weight is 303 g/mol. The molecule has 0 unspecified atom stereocenters. The third-order valence-electron chi connectivity index (χ3n) is 5.54. The number of hydrogen-bond donors (Lipinski definition) is 1. The molecular weight excluding hydrogens is 278 g/mol. The molecule has 1 nitrogen and oxygen atoms in total. The Morgan fingerprint density at radius 1 is 0.913 bits per heavy atom. The Morgan fingerprint density at radius 3 is 2.48 bits per heavy atom. The van der Waals surface area contributed by atoms with Gasteiger partial charge in [-0.15, -0.1) is 0 Å². The van der Waals surface area contributed by atoms with Crippen LogP contribution in [0.4, 0.5) is 5.69 Å². The summed E-state index contributed by atoms with van der Waals surface area (Å²) in [6, 6.07) is 15.4. The number of benzene rings is 2. The highest BCUT2D eigenvalue weighted by Gasteiger charge is 2.29. The Balaban J connectivity index is 1.87. The third kappa shape index (κ3) is 2.59. The minimum atomic E-state index is 0.710. The molecule has 2 aliphatic rings. The van der Waals surface area contributed by atoms with Crippen LogP contribution in [0.1, 0.15) is 54.4 Å². The largest absolute Gasteiger partial charge is 0.398 e. The van der Waals surface area contributed by atoms with E-state index in [0.717, 1.165) is 12.1 Å². The average Bonchev–Trinajstić information content (AvgIpc) is 2.94. The van der Waals surface area contributed by atoms with Crippen LogP contribution in [-0.2, 0) is 6.42 Å². The predicted octanol–water partition coefficient (Wildman–Crippen LogP) is 5.62. The van der Waals surface area contributed by atoms with Crippen LogP contribution in [0.2, 0.25) is 0 Å². The monoisotopic (exact) mass is 303 g/mol. The minimum Gasteiger partial charge on any atom is -0.398 e. The zero-order chi connectivity index (χ0) is 15.8. The maximum atomic E-state index is 6.32. The van der Waals surface area contributed by atoms with Crippen LogP contribution in [0.15, 0.2) is 42.5 Å². The molecule has 0 spiro atoms. The van der Waals surface area contributed by atoms with Gasteiger partial charge in [-0.25, -0.2) is 0 Å². The molecule has 1 saturated carbocycles. The summed E-state index contributed by atoms with van der Waals surface area (Å²) >= 11 is 0. The van der Waals surface area contributed by atoms with Gasteiger partial charge in [0.2, 0.25) is 0 Å². The first-order chi connectivity index (χ1) is 11.2. The van der Waals surface area contributed by atoms with Gasteiger partial charge < -0.3 is 5.73 Å². The lowest BCUT2D eigenvalue weighted by Crippen LogP contribution is -2.09. The Hall–Kier alpha value is -2.02. The molecule has 0 aromatic heterocycles. The number of nitrogen functional groups attached to an aromatic ring is 1. The second kappa shape index (κ2) is 5.88. The van der Waals surface area contributed by atoms with E-state index in [1.54, 1.807) is 5.57 Å². The fraction of sp³-hybridized carbons (Fsp3) is 0.364. The van der Waals surface area contributed by atoms with Gasteiger partial charge >= 0.3 is 0 Å². The van der Waals surface area contributed by atoms with Gasteiger partial charge in [0.15, 0.2) is 0 Å². The summed E-state index contributed by atoms with van der Waals surface area (Å²) in [7, 11) is 0. The lowest BCUT2D eigenvalue weighted by molar-refractivity contribution is 0.430. The topological polar surface area (TPSA) is 26.0 Å². The van der Waals surface area contributed by atoms with Crippen molar-refractivity contribution in [1.29, 1.82) is 0 Å². The van der Waals surface area contributed by atoms with E-state index in [2.05, 4.69) is 37.3 Å². The van der Waals surface area contributed by atoms with Crippen LogP contribution in [0.25, 0.3) is 11.1 Å². The Kier molecular flexibility index (Phi) is 3.72. The molecule has 2 N–H and O–H groups in total. The molecule has 4 rings (SSSR count). The van der Waals surface area contributed by atoms with Gasteiger partial charge in [0.05, 0.1) is 0 Å². The first-order valence-corrected chi connectivity index (χ1v) is 8.92. The summed E-state index contributed by atoms with van der Waals surface area (Å²) in [4.78, 5) is 0. The van der Waals surface area contributed by atoms with Crippen molar-refractivity contribution >= 4 is 16.8 Å². The van der Waals surface area contributed by atoms with Crippen molar-refractivity contribution in [3.05, 3.63) is 64.7 Å². The van der Waals surface area contributed by atoms with E-state index in [9.17, 15) is 0 Å². The normalized spacial score (nSPS) is 18.3. The Morgan fingerprint density at radius 2 is 1.70 bits per heavy atom. The van der Waals surface area contributed by atoms with Crippen LogP contribution < -0.4 is 5.73 Å². The predicted molar refractivity (Wildman–Crippen MR) is 99.1 cm³/mol. The number of anilines is 1. The quantitative estimate of drug-likeness (QED) is 0.715. The van der Waals surface area contributed by atoms with Crippen LogP contribution in [0.3, 0.4) is 0 Å². The number of rotatable bonds is 2. The molecule has 23 heavy (non-hydrogen) atoms. The lowest BCUT2D eigenvalue weighted by atomic mass is 9.79. The maximum absolute atomic E-state index is 6.32.